The van der Waals surface area contributed by atoms with Gasteiger partial charge in [-0.25, -0.2) is 4.99 Å². The molecule has 0 saturated heterocycles. The molecule has 1 heterocycles. The fraction of sp³-hybridized carbons (Fsp3) is 0.417. The molecule has 8 nitrogen and oxygen atoms in total. The molecule has 0 amide bonds. The molecule has 1 aliphatic carbocycles. The first kappa shape index (κ1) is 24.6. The molecule has 182 valence electrons. The molecule has 1 spiro atoms. The Kier molecular flexibility index (Phi) is 6.43. The van der Waals surface area contributed by atoms with Crippen LogP contribution in [0.5, 0.6) is 0 Å². The number of rotatable bonds is 4. The van der Waals surface area contributed by atoms with E-state index in [-0.39, 0.29) is 27.9 Å². The number of hydrogen-bond donors (Lipinski definition) is 3. The lowest BCUT2D eigenvalue weighted by atomic mass is 9.87. The van der Waals surface area contributed by atoms with Gasteiger partial charge in [0.2, 0.25) is 11.9 Å². The van der Waals surface area contributed by atoms with Gasteiger partial charge in [0.25, 0.3) is 10.1 Å². The number of guanidine groups is 2. The minimum Gasteiger partial charge on any atom is -0.369 e. The van der Waals surface area contributed by atoms with Crippen molar-refractivity contribution in [3.05, 3.63) is 48.0 Å². The Morgan fingerprint density at radius 2 is 1.62 bits per heavy atom. The van der Waals surface area contributed by atoms with Gasteiger partial charge in [0.15, 0.2) is 0 Å². The van der Waals surface area contributed by atoms with E-state index in [1.165, 1.54) is 23.4 Å². The van der Waals surface area contributed by atoms with E-state index in [1.54, 1.807) is 11.0 Å². The van der Waals surface area contributed by atoms with Crippen LogP contribution in [0.15, 0.2) is 67.1 Å². The molecule has 4 rings (SSSR count). The Labute approximate surface area is 205 Å². The van der Waals surface area contributed by atoms with E-state index in [9.17, 15) is 13.0 Å². The van der Waals surface area contributed by atoms with Crippen molar-refractivity contribution < 1.29 is 13.0 Å². The van der Waals surface area contributed by atoms with E-state index >= 15 is 0 Å². The van der Waals surface area contributed by atoms with E-state index in [4.69, 9.17) is 11.5 Å². The first-order valence-corrected chi connectivity index (χ1v) is 13.5. The molecule has 1 fully saturated rings. The normalized spacial score (nSPS) is 18.5. The Balaban J connectivity index is 1.74. The molecule has 0 aromatic heterocycles. The summed E-state index contributed by atoms with van der Waals surface area (Å²) in [6.45, 7) is 6.45. The largest absolute Gasteiger partial charge is 0.369 e. The summed E-state index contributed by atoms with van der Waals surface area (Å²) < 4.78 is 35.1. The molecule has 5 N–H and O–H groups in total. The van der Waals surface area contributed by atoms with E-state index in [1.807, 2.05) is 18.2 Å². The monoisotopic (exact) mass is 501 g/mol. The highest BCUT2D eigenvalue weighted by atomic mass is 32.2. The highest BCUT2D eigenvalue weighted by Gasteiger charge is 2.44. The second-order valence-corrected chi connectivity index (χ2v) is 12.3. The first-order chi connectivity index (χ1) is 15.9. The van der Waals surface area contributed by atoms with Gasteiger partial charge >= 0.3 is 0 Å². The fourth-order valence-electron chi connectivity index (χ4n) is 4.58. The van der Waals surface area contributed by atoms with E-state index < -0.39 is 15.8 Å². The van der Waals surface area contributed by atoms with Gasteiger partial charge in [-0.15, -0.1) is 0 Å². The van der Waals surface area contributed by atoms with Gasteiger partial charge in [0.1, 0.15) is 10.6 Å². The van der Waals surface area contributed by atoms with Crippen molar-refractivity contribution in [1.82, 2.24) is 0 Å². The van der Waals surface area contributed by atoms with Crippen molar-refractivity contribution in [2.24, 2.45) is 21.5 Å². The van der Waals surface area contributed by atoms with Gasteiger partial charge < -0.3 is 11.5 Å². The third kappa shape index (κ3) is 4.94. The minimum absolute atomic E-state index is 0.0415. The molecule has 2 aromatic rings. The Morgan fingerprint density at radius 3 is 2.21 bits per heavy atom. The van der Waals surface area contributed by atoms with Crippen LogP contribution in [0.1, 0.15) is 58.4 Å². The van der Waals surface area contributed by atoms with Crippen LogP contribution in [0.25, 0.3) is 0 Å². The summed E-state index contributed by atoms with van der Waals surface area (Å²) in [5.41, 5.74) is 12.9. The smallest absolute Gasteiger partial charge is 0.296 e. The number of benzene rings is 2. The molecule has 1 aliphatic heterocycles. The van der Waals surface area contributed by atoms with Gasteiger partial charge in [0, 0.05) is 9.79 Å². The van der Waals surface area contributed by atoms with E-state index in [0.717, 1.165) is 24.2 Å². The third-order valence-electron chi connectivity index (χ3n) is 6.26. The van der Waals surface area contributed by atoms with Crippen LogP contribution in [0.4, 0.5) is 5.69 Å². The maximum absolute atomic E-state index is 12.5. The summed E-state index contributed by atoms with van der Waals surface area (Å²) in [6.07, 6.45) is 4.17. The summed E-state index contributed by atoms with van der Waals surface area (Å²) in [6, 6.07) is 13.1. The first-order valence-electron chi connectivity index (χ1n) is 11.3. The number of hydrogen-bond acceptors (Lipinski definition) is 8. The van der Waals surface area contributed by atoms with Crippen molar-refractivity contribution in [2.75, 3.05) is 4.90 Å². The van der Waals surface area contributed by atoms with Crippen LogP contribution in [0.3, 0.4) is 0 Å². The third-order valence-corrected chi connectivity index (χ3v) is 8.14. The van der Waals surface area contributed by atoms with Gasteiger partial charge in [-0.2, -0.15) is 13.4 Å². The number of anilines is 1. The maximum atomic E-state index is 12.5. The molecule has 2 aliphatic rings. The molecule has 0 bridgehead atoms. The summed E-state index contributed by atoms with van der Waals surface area (Å²) in [7, 11) is -4.56. The highest BCUT2D eigenvalue weighted by Crippen LogP contribution is 2.43. The molecule has 0 atom stereocenters. The quantitative estimate of drug-likeness (QED) is 0.525. The number of nitrogens with two attached hydrogens (primary N) is 2. The number of nitrogens with zero attached hydrogens (tertiary/aromatic N) is 3. The Hall–Kier alpha value is -2.56. The average Bonchev–Trinajstić information content (AvgIpc) is 2.73. The lowest BCUT2D eigenvalue weighted by molar-refractivity contribution is 0.304. The van der Waals surface area contributed by atoms with E-state index in [2.05, 4.69) is 42.9 Å². The van der Waals surface area contributed by atoms with Crippen LogP contribution in [-0.4, -0.2) is 30.6 Å². The van der Waals surface area contributed by atoms with Crippen LogP contribution < -0.4 is 16.4 Å². The zero-order chi connectivity index (χ0) is 24.7. The minimum atomic E-state index is -4.56. The summed E-state index contributed by atoms with van der Waals surface area (Å²) in [4.78, 5) is 11.7. The zero-order valence-electron chi connectivity index (χ0n) is 19.7. The van der Waals surface area contributed by atoms with Crippen molar-refractivity contribution in [1.29, 1.82) is 0 Å². The van der Waals surface area contributed by atoms with Crippen molar-refractivity contribution in [2.45, 2.75) is 78.6 Å². The van der Waals surface area contributed by atoms with Crippen LogP contribution >= 0.6 is 11.8 Å². The van der Waals surface area contributed by atoms with Crippen LogP contribution in [0, 0.1) is 0 Å². The number of aliphatic imine (C=N–C) groups is 2. The Bertz CT molecular complexity index is 1240. The SMILES string of the molecule is CC(C)(C)c1ccc(Sc2ccc(N3C(N)=NC(N)=NC34CCCCC4)c(S(=O)(=O)O)c2)cc1. The summed E-state index contributed by atoms with van der Waals surface area (Å²) in [5, 5.41) is 0. The summed E-state index contributed by atoms with van der Waals surface area (Å²) >= 11 is 1.42. The van der Waals surface area contributed by atoms with Crippen molar-refractivity contribution in [3.8, 4) is 0 Å². The second kappa shape index (κ2) is 8.90. The molecule has 34 heavy (non-hydrogen) atoms. The topological polar surface area (TPSA) is 134 Å². The van der Waals surface area contributed by atoms with E-state index in [0.29, 0.717) is 17.7 Å². The second-order valence-electron chi connectivity index (χ2n) is 9.80. The molecular weight excluding hydrogens is 470 g/mol. The molecule has 1 saturated carbocycles. The van der Waals surface area contributed by atoms with Gasteiger partial charge in [-0.05, 0) is 67.0 Å². The summed E-state index contributed by atoms with van der Waals surface area (Å²) in [5.74, 6) is 0.146. The average molecular weight is 502 g/mol. The molecule has 2 aromatic carbocycles. The van der Waals surface area contributed by atoms with Crippen LogP contribution in [0.2, 0.25) is 0 Å². The molecular formula is C24H31N5O3S2. The van der Waals surface area contributed by atoms with Gasteiger partial charge in [-0.1, -0.05) is 51.1 Å². The zero-order valence-corrected chi connectivity index (χ0v) is 21.3. The lowest BCUT2D eigenvalue weighted by Gasteiger charge is -2.46. The predicted molar refractivity (Wildman–Crippen MR) is 137 cm³/mol. The van der Waals surface area contributed by atoms with Crippen LogP contribution in [-0.2, 0) is 15.5 Å². The Morgan fingerprint density at radius 1 is 1.00 bits per heavy atom. The van der Waals surface area contributed by atoms with Gasteiger partial charge in [-0.3, -0.25) is 9.45 Å². The molecule has 0 unspecified atom stereocenters. The maximum Gasteiger partial charge on any atom is 0.296 e. The van der Waals surface area contributed by atoms with Crippen molar-refractivity contribution in [3.63, 3.8) is 0 Å². The predicted octanol–water partition coefficient (Wildman–Crippen LogP) is 4.49. The molecule has 10 heteroatoms. The lowest BCUT2D eigenvalue weighted by Crippen LogP contribution is -2.58. The molecule has 0 radical (unpaired) electrons. The highest BCUT2D eigenvalue weighted by molar-refractivity contribution is 7.99. The fourth-order valence-corrected chi connectivity index (χ4v) is 6.21. The van der Waals surface area contributed by atoms with Gasteiger partial charge in [0.05, 0.1) is 5.69 Å². The van der Waals surface area contributed by atoms with Crippen molar-refractivity contribution >= 4 is 39.5 Å². The standard InChI is InChI=1S/C24H31N5O3S2/c1-23(2,3)16-7-9-17(10-8-16)33-18-11-12-19(20(15-18)34(30,31)32)29-22(26)27-21(25)28-24(29)13-5-4-6-14-24/h7-12,15H,4-6,13-14H2,1-3H3,(H,30,31,32)(H4,25,26,27,28).